The molecule has 6 heteroatoms. The maximum absolute atomic E-state index is 13.2. The fourth-order valence-corrected chi connectivity index (χ4v) is 8.58. The lowest BCUT2D eigenvalue weighted by atomic mass is 9.54. The zero-order valence-corrected chi connectivity index (χ0v) is 28.1. The quantitative estimate of drug-likeness (QED) is 0.147. The number of rotatable bonds is 20. The number of fused-ring (bicyclic) bond motifs is 5. The van der Waals surface area contributed by atoms with Gasteiger partial charge >= 0.3 is 5.97 Å². The molecule has 5 atom stereocenters. The second-order valence-corrected chi connectivity index (χ2v) is 14.3. The fraction of sp³-hybridized carbons (Fsp3) is 0.650. The van der Waals surface area contributed by atoms with Crippen LogP contribution in [0, 0.1) is 17.3 Å². The third-order valence-electron chi connectivity index (χ3n) is 11.1. The van der Waals surface area contributed by atoms with E-state index in [-0.39, 0.29) is 17.9 Å². The smallest absolute Gasteiger partial charge is 0.303 e. The van der Waals surface area contributed by atoms with Crippen molar-refractivity contribution in [1.29, 1.82) is 0 Å². The number of hydrogen-bond donors (Lipinski definition) is 1. The summed E-state index contributed by atoms with van der Waals surface area (Å²) in [7, 11) is 0. The van der Waals surface area contributed by atoms with E-state index in [9.17, 15) is 9.59 Å². The van der Waals surface area contributed by atoms with E-state index in [1.807, 2.05) is 6.07 Å². The number of benzene rings is 2. The molecule has 46 heavy (non-hydrogen) atoms. The predicted octanol–water partition coefficient (Wildman–Crippen LogP) is 9.08. The van der Waals surface area contributed by atoms with Gasteiger partial charge in [0.15, 0.2) is 0 Å². The standard InChI is InChI=1S/C40H56O6/c1-40-28-36(45-26-13-8-6-4-2-3-5-7-12-24-44-25-14-17-38(42)43)39-33-21-19-32(46-29-30-15-10-9-11-16-30)27-31(33)18-20-34(39)35(40)22-23-37(40)41/h9-11,15-16,19,21,27,34-36,39H,2-8,12-14,17-18,20,22-26,28-29H2,1H3,(H,42,43)/t34-,35-,36-,39+,40-/m0/s1. The first-order valence-electron chi connectivity index (χ1n) is 18.2. The summed E-state index contributed by atoms with van der Waals surface area (Å²) in [6.07, 6.45) is 16.6. The van der Waals surface area contributed by atoms with E-state index in [1.54, 1.807) is 0 Å². The fourth-order valence-electron chi connectivity index (χ4n) is 8.58. The van der Waals surface area contributed by atoms with Gasteiger partial charge in [0, 0.05) is 44.0 Å². The lowest BCUT2D eigenvalue weighted by Gasteiger charge is -2.52. The summed E-state index contributed by atoms with van der Waals surface area (Å²) < 4.78 is 18.5. The van der Waals surface area contributed by atoms with Crippen LogP contribution in [0.2, 0.25) is 0 Å². The Balaban J connectivity index is 1.04. The number of carbonyl (C=O) groups is 2. The molecular weight excluding hydrogens is 576 g/mol. The van der Waals surface area contributed by atoms with Gasteiger partial charge in [-0.15, -0.1) is 0 Å². The summed E-state index contributed by atoms with van der Waals surface area (Å²) in [5, 5.41) is 8.65. The molecule has 2 aromatic rings. The molecule has 1 N–H and O–H groups in total. The van der Waals surface area contributed by atoms with Gasteiger partial charge in [-0.2, -0.15) is 0 Å². The maximum atomic E-state index is 13.2. The highest BCUT2D eigenvalue weighted by Gasteiger charge is 2.58. The lowest BCUT2D eigenvalue weighted by molar-refractivity contribution is -0.137. The number of unbranched alkanes of at least 4 members (excludes halogenated alkanes) is 8. The summed E-state index contributed by atoms with van der Waals surface area (Å²) >= 11 is 0. The first-order valence-corrected chi connectivity index (χ1v) is 18.2. The molecule has 5 rings (SSSR count). The van der Waals surface area contributed by atoms with E-state index in [0.717, 1.165) is 63.9 Å². The molecule has 252 valence electrons. The van der Waals surface area contributed by atoms with Crippen LogP contribution in [0.4, 0.5) is 0 Å². The Kier molecular flexibility index (Phi) is 13.1. The van der Waals surface area contributed by atoms with E-state index in [2.05, 4.69) is 49.4 Å². The Morgan fingerprint density at radius 2 is 1.54 bits per heavy atom. The van der Waals surface area contributed by atoms with Crippen LogP contribution in [0.1, 0.15) is 126 Å². The van der Waals surface area contributed by atoms with Gasteiger partial charge in [-0.25, -0.2) is 0 Å². The highest BCUT2D eigenvalue weighted by atomic mass is 16.5. The van der Waals surface area contributed by atoms with Gasteiger partial charge in [-0.1, -0.05) is 88.3 Å². The number of hydrogen-bond acceptors (Lipinski definition) is 5. The largest absolute Gasteiger partial charge is 0.489 e. The first-order chi connectivity index (χ1) is 22.5. The minimum Gasteiger partial charge on any atom is -0.489 e. The number of carboxylic acid groups (broad SMARTS) is 1. The van der Waals surface area contributed by atoms with Crippen molar-refractivity contribution in [3.05, 3.63) is 65.2 Å². The van der Waals surface area contributed by atoms with E-state index < -0.39 is 5.97 Å². The molecule has 0 spiro atoms. The minimum atomic E-state index is -0.751. The number of aryl methyl sites for hydroxylation is 1. The van der Waals surface area contributed by atoms with Gasteiger partial charge in [0.05, 0.1) is 6.10 Å². The van der Waals surface area contributed by atoms with Crippen molar-refractivity contribution in [3.8, 4) is 5.75 Å². The molecule has 2 saturated carbocycles. The van der Waals surface area contributed by atoms with Gasteiger partial charge in [-0.3, -0.25) is 9.59 Å². The average Bonchev–Trinajstić information content (AvgIpc) is 3.36. The maximum Gasteiger partial charge on any atom is 0.303 e. The van der Waals surface area contributed by atoms with Crippen LogP contribution in [0.25, 0.3) is 0 Å². The van der Waals surface area contributed by atoms with Crippen LogP contribution in [0.5, 0.6) is 5.75 Å². The molecule has 0 heterocycles. The van der Waals surface area contributed by atoms with Crippen LogP contribution in [0.15, 0.2) is 48.5 Å². The van der Waals surface area contributed by atoms with Crippen LogP contribution in [-0.2, 0) is 32.1 Å². The van der Waals surface area contributed by atoms with E-state index in [4.69, 9.17) is 19.3 Å². The van der Waals surface area contributed by atoms with Crippen LogP contribution >= 0.6 is 0 Å². The van der Waals surface area contributed by atoms with E-state index in [0.29, 0.717) is 43.2 Å². The molecule has 0 unspecified atom stereocenters. The molecule has 0 amide bonds. The predicted molar refractivity (Wildman–Crippen MR) is 181 cm³/mol. The summed E-state index contributed by atoms with van der Waals surface area (Å²) in [5.74, 6) is 2.01. The van der Waals surface area contributed by atoms with Crippen molar-refractivity contribution in [2.24, 2.45) is 17.3 Å². The minimum absolute atomic E-state index is 0.101. The third kappa shape index (κ3) is 9.22. The Morgan fingerprint density at radius 3 is 2.28 bits per heavy atom. The number of aliphatic carboxylic acids is 1. The normalized spacial score (nSPS) is 25.1. The van der Waals surface area contributed by atoms with Crippen LogP contribution in [0.3, 0.4) is 0 Å². The summed E-state index contributed by atoms with van der Waals surface area (Å²) in [4.78, 5) is 23.7. The van der Waals surface area contributed by atoms with Gasteiger partial charge in [0.25, 0.3) is 0 Å². The van der Waals surface area contributed by atoms with E-state index >= 15 is 0 Å². The summed E-state index contributed by atoms with van der Waals surface area (Å²) in [5.41, 5.74) is 3.78. The highest BCUT2D eigenvalue weighted by molar-refractivity contribution is 5.87. The zero-order valence-electron chi connectivity index (χ0n) is 28.1. The molecule has 0 bridgehead atoms. The number of Topliss-reactive ketones (excluding diaryl/α,β-unsaturated/α-hetero) is 1. The van der Waals surface area contributed by atoms with Crippen molar-refractivity contribution >= 4 is 11.8 Å². The Bertz CT molecular complexity index is 1240. The second kappa shape index (κ2) is 17.5. The SMILES string of the molecule is C[C@]12C[C@H](OCCCCCCCCCCCOCCCC(=O)O)[C@@H]3c4ccc(OCc5ccccc5)cc4CC[C@H]3[C@@H]1CCC2=O. The van der Waals surface area contributed by atoms with Gasteiger partial charge in [-0.05, 0) is 85.6 Å². The molecule has 3 aliphatic rings. The summed E-state index contributed by atoms with van der Waals surface area (Å²) in [6, 6.07) is 17.0. The van der Waals surface area contributed by atoms with Crippen molar-refractivity contribution in [2.75, 3.05) is 19.8 Å². The monoisotopic (exact) mass is 632 g/mol. The average molecular weight is 633 g/mol. The molecule has 6 nitrogen and oxygen atoms in total. The van der Waals surface area contributed by atoms with Crippen LogP contribution in [-0.4, -0.2) is 42.8 Å². The highest BCUT2D eigenvalue weighted by Crippen LogP contribution is 2.60. The molecule has 3 aliphatic carbocycles. The first kappa shape index (κ1) is 34.6. The molecule has 2 fully saturated rings. The molecule has 2 aromatic carbocycles. The molecular formula is C40H56O6. The van der Waals surface area contributed by atoms with Gasteiger partial charge in [0.1, 0.15) is 18.1 Å². The topological polar surface area (TPSA) is 82.1 Å². The Hall–Kier alpha value is -2.70. The van der Waals surface area contributed by atoms with Crippen molar-refractivity contribution < 1.29 is 28.9 Å². The van der Waals surface area contributed by atoms with Crippen molar-refractivity contribution in [2.45, 2.75) is 128 Å². The number of ketones is 1. The molecule has 0 aliphatic heterocycles. The van der Waals surface area contributed by atoms with Crippen LogP contribution < -0.4 is 4.74 Å². The number of carboxylic acids is 1. The molecule has 0 radical (unpaired) electrons. The molecule has 0 aromatic heterocycles. The number of carbonyl (C=O) groups excluding carboxylic acids is 1. The van der Waals surface area contributed by atoms with E-state index in [1.165, 1.54) is 61.6 Å². The second-order valence-electron chi connectivity index (χ2n) is 14.3. The zero-order chi connectivity index (χ0) is 32.2. The third-order valence-corrected chi connectivity index (χ3v) is 11.1. The molecule has 0 saturated heterocycles. The lowest BCUT2D eigenvalue weighted by Crippen LogP contribution is -2.49. The summed E-state index contributed by atoms with van der Waals surface area (Å²) in [6.45, 7) is 4.89. The van der Waals surface area contributed by atoms with Crippen molar-refractivity contribution in [3.63, 3.8) is 0 Å². The van der Waals surface area contributed by atoms with Crippen molar-refractivity contribution in [1.82, 2.24) is 0 Å². The number of ether oxygens (including phenoxy) is 3. The van der Waals surface area contributed by atoms with Gasteiger partial charge < -0.3 is 19.3 Å². The van der Waals surface area contributed by atoms with Gasteiger partial charge in [0.2, 0.25) is 0 Å². The Labute approximate surface area is 276 Å². The Morgan fingerprint density at radius 1 is 0.848 bits per heavy atom.